The van der Waals surface area contributed by atoms with E-state index >= 15 is 0 Å². The van der Waals surface area contributed by atoms with E-state index in [1.807, 2.05) is 42.5 Å². The van der Waals surface area contributed by atoms with Gasteiger partial charge in [0.25, 0.3) is 0 Å². The van der Waals surface area contributed by atoms with Crippen LogP contribution in [0.25, 0.3) is 0 Å². The fourth-order valence-electron chi connectivity index (χ4n) is 3.45. The number of amides is 2. The van der Waals surface area contributed by atoms with Crippen LogP contribution in [-0.4, -0.2) is 35.8 Å². The molecule has 34 heavy (non-hydrogen) atoms. The minimum Gasteiger partial charge on any atom is -0.428 e. The lowest BCUT2D eigenvalue weighted by Crippen LogP contribution is -2.33. The maximum atomic E-state index is 13.1. The molecule has 3 aromatic rings. The summed E-state index contributed by atoms with van der Waals surface area (Å²) in [5.41, 5.74) is 2.75. The molecule has 1 N–H and O–H groups in total. The first-order valence-electron chi connectivity index (χ1n) is 10.2. The second-order valence-electron chi connectivity index (χ2n) is 7.46. The van der Waals surface area contributed by atoms with Gasteiger partial charge in [-0.3, -0.25) is 0 Å². The van der Waals surface area contributed by atoms with Crippen LogP contribution in [0.15, 0.2) is 84.0 Å². The Morgan fingerprint density at radius 2 is 1.68 bits per heavy atom. The minimum absolute atomic E-state index is 0.197. The van der Waals surface area contributed by atoms with Crippen molar-refractivity contribution < 1.29 is 27.1 Å². The molecule has 1 unspecified atom stereocenters. The number of alkyl halides is 4. The number of urea groups is 1. The molecule has 0 fully saturated rings. The van der Waals surface area contributed by atoms with E-state index in [9.17, 15) is 22.4 Å². The highest BCUT2D eigenvalue weighted by atomic mass is 35.5. The SMILES string of the molecule is O=C(Nc1ccc(OC(F)(F)C(F)F)cc1)N1CC(c2ccc(Cl)cc2)C(c2ccccc2)=N1. The third-order valence-corrected chi connectivity index (χ3v) is 5.36. The van der Waals surface area contributed by atoms with Crippen LogP contribution in [-0.2, 0) is 0 Å². The number of hydrazone groups is 1. The molecule has 0 spiro atoms. The molecule has 176 valence electrons. The largest absolute Gasteiger partial charge is 0.461 e. The lowest BCUT2D eigenvalue weighted by Gasteiger charge is -2.18. The van der Waals surface area contributed by atoms with Gasteiger partial charge in [-0.25, -0.2) is 9.80 Å². The van der Waals surface area contributed by atoms with E-state index in [1.165, 1.54) is 17.1 Å². The average Bonchev–Trinajstić information content (AvgIpc) is 3.27. The second-order valence-corrected chi connectivity index (χ2v) is 7.89. The number of halogens is 5. The molecule has 0 saturated carbocycles. The number of nitrogens with one attached hydrogen (secondary N) is 1. The molecule has 0 radical (unpaired) electrons. The molecule has 4 rings (SSSR count). The average molecular weight is 492 g/mol. The standard InChI is InChI=1S/C24H18ClF4N3O2/c25-17-8-6-15(7-9-17)20-14-32(31-21(20)16-4-2-1-3-5-16)23(33)30-18-10-12-19(13-11-18)34-24(28,29)22(26)27/h1-13,20,22H,14H2,(H,30,33). The Morgan fingerprint density at radius 3 is 2.29 bits per heavy atom. The highest BCUT2D eigenvalue weighted by molar-refractivity contribution is 6.30. The van der Waals surface area contributed by atoms with Crippen molar-refractivity contribution in [2.45, 2.75) is 18.5 Å². The molecule has 1 aliphatic heterocycles. The summed E-state index contributed by atoms with van der Waals surface area (Å²) in [6, 6.07) is 20.8. The molecular formula is C24H18ClF4N3O2. The zero-order valence-corrected chi connectivity index (χ0v) is 18.2. The van der Waals surface area contributed by atoms with Crippen molar-refractivity contribution in [1.29, 1.82) is 0 Å². The summed E-state index contributed by atoms with van der Waals surface area (Å²) in [6.07, 6.45) is -8.58. The first kappa shape index (κ1) is 23.6. The van der Waals surface area contributed by atoms with Gasteiger partial charge in [0.2, 0.25) is 0 Å². The van der Waals surface area contributed by atoms with E-state index in [-0.39, 0.29) is 18.2 Å². The van der Waals surface area contributed by atoms with E-state index in [0.29, 0.717) is 10.7 Å². The number of anilines is 1. The Balaban J connectivity index is 1.50. The normalized spacial score (nSPS) is 15.9. The predicted molar refractivity (Wildman–Crippen MR) is 121 cm³/mol. The quantitative estimate of drug-likeness (QED) is 0.394. The number of hydrogen-bond acceptors (Lipinski definition) is 3. The topological polar surface area (TPSA) is 53.9 Å². The van der Waals surface area contributed by atoms with Crippen molar-refractivity contribution in [3.05, 3.63) is 95.0 Å². The highest BCUT2D eigenvalue weighted by Gasteiger charge is 2.44. The first-order valence-corrected chi connectivity index (χ1v) is 10.5. The first-order chi connectivity index (χ1) is 16.2. The summed E-state index contributed by atoms with van der Waals surface area (Å²) >= 11 is 6.01. The molecule has 0 aromatic heterocycles. The summed E-state index contributed by atoms with van der Waals surface area (Å²) in [7, 11) is 0. The van der Waals surface area contributed by atoms with Gasteiger partial charge in [0.05, 0.1) is 12.3 Å². The zero-order valence-electron chi connectivity index (χ0n) is 17.5. The van der Waals surface area contributed by atoms with Crippen molar-refractivity contribution in [3.8, 4) is 5.75 Å². The molecule has 0 aliphatic carbocycles. The Morgan fingerprint density at radius 1 is 1.03 bits per heavy atom. The predicted octanol–water partition coefficient (Wildman–Crippen LogP) is 6.61. The lowest BCUT2D eigenvalue weighted by atomic mass is 9.91. The van der Waals surface area contributed by atoms with Crippen LogP contribution >= 0.6 is 11.6 Å². The molecule has 2 amide bonds. The number of carbonyl (C=O) groups is 1. The van der Waals surface area contributed by atoms with Crippen molar-refractivity contribution >= 4 is 29.0 Å². The van der Waals surface area contributed by atoms with E-state index in [1.54, 1.807) is 12.1 Å². The van der Waals surface area contributed by atoms with Crippen LogP contribution < -0.4 is 10.1 Å². The second kappa shape index (κ2) is 9.72. The summed E-state index contributed by atoms with van der Waals surface area (Å²) in [5.74, 6) is -0.658. The molecule has 1 heterocycles. The highest BCUT2D eigenvalue weighted by Crippen LogP contribution is 2.31. The van der Waals surface area contributed by atoms with E-state index in [4.69, 9.17) is 11.6 Å². The van der Waals surface area contributed by atoms with Crippen LogP contribution in [0.5, 0.6) is 5.75 Å². The number of hydrogen-bond donors (Lipinski definition) is 1. The molecule has 0 bridgehead atoms. The number of rotatable bonds is 6. The van der Waals surface area contributed by atoms with Crippen LogP contribution in [0, 0.1) is 0 Å². The smallest absolute Gasteiger partial charge is 0.428 e. The summed E-state index contributed by atoms with van der Waals surface area (Å²) in [5, 5.41) is 9.00. The fourth-order valence-corrected chi connectivity index (χ4v) is 3.58. The molecule has 5 nitrogen and oxygen atoms in total. The number of nitrogens with zero attached hydrogens (tertiary/aromatic N) is 2. The maximum absolute atomic E-state index is 13.1. The monoisotopic (exact) mass is 491 g/mol. The molecule has 1 atom stereocenters. The third-order valence-electron chi connectivity index (χ3n) is 5.10. The zero-order chi connectivity index (χ0) is 24.3. The third kappa shape index (κ3) is 5.31. The molecule has 10 heteroatoms. The summed E-state index contributed by atoms with van der Waals surface area (Å²) in [6.45, 7) is 0.263. The Kier molecular flexibility index (Phi) is 6.74. The van der Waals surface area contributed by atoms with Gasteiger partial charge in [-0.2, -0.15) is 22.7 Å². The van der Waals surface area contributed by atoms with Crippen LogP contribution in [0.1, 0.15) is 17.0 Å². The van der Waals surface area contributed by atoms with Crippen molar-refractivity contribution in [3.63, 3.8) is 0 Å². The van der Waals surface area contributed by atoms with Gasteiger partial charge in [-0.1, -0.05) is 54.1 Å². The molecule has 0 saturated heterocycles. The van der Waals surface area contributed by atoms with Crippen molar-refractivity contribution in [2.24, 2.45) is 5.10 Å². The van der Waals surface area contributed by atoms with Crippen LogP contribution in [0.2, 0.25) is 5.02 Å². The molecule has 3 aromatic carbocycles. The number of carbonyl (C=O) groups excluding carboxylic acids is 1. The van der Waals surface area contributed by atoms with E-state index in [2.05, 4.69) is 15.2 Å². The van der Waals surface area contributed by atoms with Gasteiger partial charge in [0.1, 0.15) is 5.75 Å². The van der Waals surface area contributed by atoms with Gasteiger partial charge >= 0.3 is 18.6 Å². The Bertz CT molecular complexity index is 1170. The lowest BCUT2D eigenvalue weighted by molar-refractivity contribution is -0.253. The number of benzene rings is 3. The van der Waals surface area contributed by atoms with Gasteiger partial charge in [0, 0.05) is 16.6 Å². The summed E-state index contributed by atoms with van der Waals surface area (Å²) < 4.78 is 54.7. The van der Waals surface area contributed by atoms with Gasteiger partial charge < -0.3 is 10.1 Å². The van der Waals surface area contributed by atoms with Gasteiger partial charge in [0.15, 0.2) is 0 Å². The Hall–Kier alpha value is -3.59. The fraction of sp³-hybridized carbons (Fsp3) is 0.167. The van der Waals surface area contributed by atoms with Crippen LogP contribution in [0.4, 0.5) is 28.0 Å². The maximum Gasteiger partial charge on any atom is 0.461 e. The summed E-state index contributed by atoms with van der Waals surface area (Å²) in [4.78, 5) is 12.9. The van der Waals surface area contributed by atoms with Crippen LogP contribution in [0.3, 0.4) is 0 Å². The molecular weight excluding hydrogens is 474 g/mol. The van der Waals surface area contributed by atoms with Gasteiger partial charge in [-0.15, -0.1) is 0 Å². The van der Waals surface area contributed by atoms with Crippen molar-refractivity contribution in [1.82, 2.24) is 5.01 Å². The van der Waals surface area contributed by atoms with E-state index < -0.39 is 24.3 Å². The number of ether oxygens (including phenoxy) is 1. The van der Waals surface area contributed by atoms with Gasteiger partial charge in [-0.05, 0) is 47.5 Å². The molecule has 1 aliphatic rings. The van der Waals surface area contributed by atoms with E-state index in [0.717, 1.165) is 23.3 Å². The Labute approximate surface area is 197 Å². The minimum atomic E-state index is -4.61. The van der Waals surface area contributed by atoms with Crippen molar-refractivity contribution in [2.75, 3.05) is 11.9 Å².